The number of amides is 3. The number of carbonyl (C=O) groups excluding carboxylic acids is 2. The fourth-order valence-electron chi connectivity index (χ4n) is 2.08. The zero-order valence-corrected chi connectivity index (χ0v) is 11.3. The number of aromatic nitrogens is 1. The van der Waals surface area contributed by atoms with Crippen molar-refractivity contribution in [1.82, 2.24) is 15.2 Å². The fraction of sp³-hybridized carbons (Fsp3) is 0.462. The molecule has 1 aliphatic rings. The summed E-state index contributed by atoms with van der Waals surface area (Å²) in [5, 5.41) is 2.69. The molecule has 1 unspecified atom stereocenters. The Morgan fingerprint density at radius 3 is 2.63 bits per heavy atom. The number of carbonyl (C=O) groups is 2. The fourth-order valence-corrected chi connectivity index (χ4v) is 2.08. The van der Waals surface area contributed by atoms with Gasteiger partial charge in [0.05, 0.1) is 5.69 Å². The number of nitrogens with one attached hydrogen (secondary N) is 1. The van der Waals surface area contributed by atoms with E-state index in [1.807, 2.05) is 0 Å². The van der Waals surface area contributed by atoms with Crippen molar-refractivity contribution < 1.29 is 9.59 Å². The molecule has 0 aliphatic carbocycles. The normalized spacial score (nSPS) is 23.7. The standard InChI is InChI=1S/C13H18N4O2/c1-12(2,14)8-17-10(18)13(3,16-11(17)19)9-6-4-5-7-15-9/h4-7H,8,14H2,1-3H3,(H,16,19). The lowest BCUT2D eigenvalue weighted by Crippen LogP contribution is -2.48. The largest absolute Gasteiger partial charge is 0.325 e. The summed E-state index contributed by atoms with van der Waals surface area (Å²) in [6.07, 6.45) is 1.59. The van der Waals surface area contributed by atoms with Gasteiger partial charge in [-0.05, 0) is 32.9 Å². The molecule has 1 fully saturated rings. The lowest BCUT2D eigenvalue weighted by atomic mass is 9.96. The highest BCUT2D eigenvalue weighted by atomic mass is 16.2. The second kappa shape index (κ2) is 4.31. The zero-order chi connectivity index (χ0) is 14.3. The first kappa shape index (κ1) is 13.5. The van der Waals surface area contributed by atoms with Gasteiger partial charge in [-0.25, -0.2) is 4.79 Å². The Hall–Kier alpha value is -1.95. The van der Waals surface area contributed by atoms with E-state index in [1.165, 1.54) is 0 Å². The van der Waals surface area contributed by atoms with E-state index in [-0.39, 0.29) is 12.5 Å². The molecule has 102 valence electrons. The molecule has 0 bridgehead atoms. The van der Waals surface area contributed by atoms with Crippen LogP contribution in [0.25, 0.3) is 0 Å². The summed E-state index contributed by atoms with van der Waals surface area (Å²) in [6.45, 7) is 5.35. The van der Waals surface area contributed by atoms with E-state index in [0.717, 1.165) is 4.90 Å². The van der Waals surface area contributed by atoms with Crippen LogP contribution in [0.15, 0.2) is 24.4 Å². The number of imide groups is 1. The Morgan fingerprint density at radius 1 is 1.42 bits per heavy atom. The van der Waals surface area contributed by atoms with E-state index in [4.69, 9.17) is 5.73 Å². The molecule has 1 atom stereocenters. The van der Waals surface area contributed by atoms with E-state index >= 15 is 0 Å². The highest BCUT2D eigenvalue weighted by Crippen LogP contribution is 2.27. The van der Waals surface area contributed by atoms with Gasteiger partial charge >= 0.3 is 6.03 Å². The molecular formula is C13H18N4O2. The molecule has 1 saturated heterocycles. The first-order valence-corrected chi connectivity index (χ1v) is 6.08. The van der Waals surface area contributed by atoms with Gasteiger partial charge in [-0.15, -0.1) is 0 Å². The predicted octanol–water partition coefficient (Wildman–Crippen LogP) is 0.586. The summed E-state index contributed by atoms with van der Waals surface area (Å²) in [5.41, 5.74) is 4.64. The van der Waals surface area contributed by atoms with Crippen molar-refractivity contribution in [1.29, 1.82) is 0 Å². The molecule has 3 amide bonds. The molecule has 1 aromatic rings. The SMILES string of the molecule is CC(C)(N)CN1C(=O)NC(C)(c2ccccn2)C1=O. The van der Waals surface area contributed by atoms with Crippen LogP contribution in [-0.4, -0.2) is 33.9 Å². The van der Waals surface area contributed by atoms with Crippen molar-refractivity contribution in [2.75, 3.05) is 6.54 Å². The molecule has 1 aliphatic heterocycles. The predicted molar refractivity (Wildman–Crippen MR) is 70.1 cm³/mol. The maximum atomic E-state index is 12.5. The third kappa shape index (κ3) is 2.44. The van der Waals surface area contributed by atoms with E-state index in [9.17, 15) is 9.59 Å². The number of rotatable bonds is 3. The van der Waals surface area contributed by atoms with Crippen LogP contribution in [0.2, 0.25) is 0 Å². The van der Waals surface area contributed by atoms with Gasteiger partial charge in [-0.1, -0.05) is 6.07 Å². The highest BCUT2D eigenvalue weighted by Gasteiger charge is 2.50. The van der Waals surface area contributed by atoms with Crippen molar-refractivity contribution in [3.63, 3.8) is 0 Å². The summed E-state index contributed by atoms with van der Waals surface area (Å²) < 4.78 is 0. The van der Waals surface area contributed by atoms with Crippen LogP contribution in [-0.2, 0) is 10.3 Å². The number of hydrogen-bond acceptors (Lipinski definition) is 4. The maximum absolute atomic E-state index is 12.5. The Bertz CT molecular complexity index is 509. The molecule has 0 aromatic carbocycles. The molecule has 6 nitrogen and oxygen atoms in total. The average molecular weight is 262 g/mol. The number of nitrogens with two attached hydrogens (primary N) is 1. The van der Waals surface area contributed by atoms with Crippen molar-refractivity contribution in [3.05, 3.63) is 30.1 Å². The molecule has 3 N–H and O–H groups in total. The number of hydrogen-bond donors (Lipinski definition) is 2. The molecule has 2 heterocycles. The second-order valence-corrected chi connectivity index (χ2v) is 5.65. The summed E-state index contributed by atoms with van der Waals surface area (Å²) in [6, 6.07) is 4.82. The van der Waals surface area contributed by atoms with Crippen LogP contribution in [0.4, 0.5) is 4.79 Å². The minimum absolute atomic E-state index is 0.167. The number of pyridine rings is 1. The lowest BCUT2D eigenvalue weighted by molar-refractivity contribution is -0.131. The van der Waals surface area contributed by atoms with Crippen LogP contribution in [0.1, 0.15) is 26.5 Å². The van der Waals surface area contributed by atoms with Crippen molar-refractivity contribution in [2.24, 2.45) is 5.73 Å². The minimum Gasteiger partial charge on any atom is -0.324 e. The van der Waals surface area contributed by atoms with E-state index in [1.54, 1.807) is 45.2 Å². The van der Waals surface area contributed by atoms with Gasteiger partial charge in [0.25, 0.3) is 5.91 Å². The number of nitrogens with zero attached hydrogens (tertiary/aromatic N) is 2. The Morgan fingerprint density at radius 2 is 2.11 bits per heavy atom. The molecule has 19 heavy (non-hydrogen) atoms. The zero-order valence-electron chi connectivity index (χ0n) is 11.3. The molecule has 1 aromatic heterocycles. The highest BCUT2D eigenvalue weighted by molar-refractivity contribution is 6.07. The van der Waals surface area contributed by atoms with Gasteiger partial charge in [-0.3, -0.25) is 14.7 Å². The molecule has 6 heteroatoms. The Balaban J connectivity index is 2.32. The number of urea groups is 1. The summed E-state index contributed by atoms with van der Waals surface area (Å²) in [5.74, 6) is -0.324. The lowest BCUT2D eigenvalue weighted by Gasteiger charge is -2.25. The Kier molecular flexibility index (Phi) is 3.06. The summed E-state index contributed by atoms with van der Waals surface area (Å²) >= 11 is 0. The Labute approximate surface area is 112 Å². The van der Waals surface area contributed by atoms with E-state index < -0.39 is 17.1 Å². The molecule has 0 spiro atoms. The van der Waals surface area contributed by atoms with Gasteiger partial charge in [0, 0.05) is 18.3 Å². The molecule has 0 radical (unpaired) electrons. The van der Waals surface area contributed by atoms with Crippen LogP contribution >= 0.6 is 0 Å². The topological polar surface area (TPSA) is 88.3 Å². The van der Waals surface area contributed by atoms with E-state index in [0.29, 0.717) is 5.69 Å². The van der Waals surface area contributed by atoms with Gasteiger partial charge < -0.3 is 11.1 Å². The first-order valence-electron chi connectivity index (χ1n) is 6.08. The maximum Gasteiger partial charge on any atom is 0.325 e. The van der Waals surface area contributed by atoms with Crippen LogP contribution in [0.3, 0.4) is 0 Å². The molecule has 2 rings (SSSR count). The van der Waals surface area contributed by atoms with Crippen LogP contribution in [0, 0.1) is 0 Å². The summed E-state index contributed by atoms with van der Waals surface area (Å²) in [7, 11) is 0. The van der Waals surface area contributed by atoms with Crippen molar-refractivity contribution in [3.8, 4) is 0 Å². The quantitative estimate of drug-likeness (QED) is 0.780. The smallest absolute Gasteiger partial charge is 0.324 e. The summed E-state index contributed by atoms with van der Waals surface area (Å²) in [4.78, 5) is 29.7. The molecule has 0 saturated carbocycles. The van der Waals surface area contributed by atoms with Crippen LogP contribution < -0.4 is 11.1 Å². The van der Waals surface area contributed by atoms with Crippen molar-refractivity contribution >= 4 is 11.9 Å². The van der Waals surface area contributed by atoms with Crippen LogP contribution in [0.5, 0.6) is 0 Å². The van der Waals surface area contributed by atoms with Gasteiger partial charge in [0.15, 0.2) is 5.54 Å². The van der Waals surface area contributed by atoms with Gasteiger partial charge in [0.1, 0.15) is 0 Å². The minimum atomic E-state index is -1.12. The third-order valence-corrected chi connectivity index (χ3v) is 3.02. The third-order valence-electron chi connectivity index (χ3n) is 3.02. The van der Waals surface area contributed by atoms with Gasteiger partial charge in [0.2, 0.25) is 0 Å². The monoisotopic (exact) mass is 262 g/mol. The molecular weight excluding hydrogens is 244 g/mol. The van der Waals surface area contributed by atoms with E-state index in [2.05, 4.69) is 10.3 Å². The second-order valence-electron chi connectivity index (χ2n) is 5.65. The van der Waals surface area contributed by atoms with Crippen molar-refractivity contribution in [2.45, 2.75) is 31.8 Å². The first-order chi connectivity index (χ1) is 8.74. The van der Waals surface area contributed by atoms with Gasteiger partial charge in [-0.2, -0.15) is 0 Å². The average Bonchev–Trinajstić information content (AvgIpc) is 2.54.